The zero-order chi connectivity index (χ0) is 12.9. The first kappa shape index (κ1) is 11.9. The lowest BCUT2D eigenvalue weighted by molar-refractivity contribution is 0.409. The lowest BCUT2D eigenvalue weighted by Gasteiger charge is -2.07. The number of aromatic nitrogens is 2. The Bertz CT molecular complexity index is 644. The third kappa shape index (κ3) is 2.80. The van der Waals surface area contributed by atoms with E-state index in [1.165, 1.54) is 22.7 Å². The van der Waals surface area contributed by atoms with Crippen LogP contribution in [0.25, 0.3) is 10.8 Å². The van der Waals surface area contributed by atoms with Gasteiger partial charge in [-0.3, -0.25) is 0 Å². The summed E-state index contributed by atoms with van der Waals surface area (Å²) in [7, 11) is 0. The molecule has 1 N–H and O–H groups in total. The molecule has 96 valence electrons. The Morgan fingerprint density at radius 1 is 1.05 bits per heavy atom. The van der Waals surface area contributed by atoms with Crippen LogP contribution in [0.4, 0.5) is 0 Å². The average Bonchev–Trinajstić information content (AvgIpc) is 2.97. The Balaban J connectivity index is 1.62. The Hall–Kier alpha value is -2.20. The number of nitrogens with one attached hydrogen (secondary N) is 1. The molecule has 0 unspecified atom stereocenters. The highest BCUT2D eigenvalue weighted by molar-refractivity contribution is 5.85. The molecule has 3 rings (SSSR count). The van der Waals surface area contributed by atoms with Crippen LogP contribution in [0, 0.1) is 0 Å². The van der Waals surface area contributed by atoms with E-state index < -0.39 is 0 Å². The van der Waals surface area contributed by atoms with E-state index in [-0.39, 0.29) is 0 Å². The van der Waals surface area contributed by atoms with Crippen LogP contribution >= 0.6 is 0 Å². The van der Waals surface area contributed by atoms with Gasteiger partial charge in [0.1, 0.15) is 0 Å². The molecule has 0 saturated heterocycles. The van der Waals surface area contributed by atoms with Gasteiger partial charge < -0.3 is 9.84 Å². The third-order valence-corrected chi connectivity index (χ3v) is 3.13. The topological polar surface area (TPSA) is 51.0 Å². The van der Waals surface area contributed by atoms with Crippen LogP contribution in [-0.2, 0) is 13.0 Å². The van der Waals surface area contributed by atoms with Gasteiger partial charge in [-0.05, 0) is 16.3 Å². The van der Waals surface area contributed by atoms with Gasteiger partial charge in [-0.1, -0.05) is 47.6 Å². The van der Waals surface area contributed by atoms with Gasteiger partial charge in [0.2, 0.25) is 6.39 Å². The second-order valence-electron chi connectivity index (χ2n) is 4.41. The maximum atomic E-state index is 4.70. The van der Waals surface area contributed by atoms with E-state index in [9.17, 15) is 0 Å². The van der Waals surface area contributed by atoms with E-state index >= 15 is 0 Å². The second kappa shape index (κ2) is 5.63. The summed E-state index contributed by atoms with van der Waals surface area (Å²) in [6, 6.07) is 14.8. The molecule has 1 heterocycles. The largest absolute Gasteiger partial charge is 0.343 e. The molecule has 0 bridgehead atoms. The summed E-state index contributed by atoms with van der Waals surface area (Å²) in [6.45, 7) is 1.68. The van der Waals surface area contributed by atoms with Crippen molar-refractivity contribution in [3.63, 3.8) is 0 Å². The minimum atomic E-state index is 0.741. The smallest absolute Gasteiger partial charge is 0.213 e. The van der Waals surface area contributed by atoms with Crippen LogP contribution in [0.5, 0.6) is 0 Å². The molecule has 0 aliphatic rings. The lowest BCUT2D eigenvalue weighted by Crippen LogP contribution is -2.17. The molecule has 0 atom stereocenters. The van der Waals surface area contributed by atoms with Gasteiger partial charge in [0.15, 0.2) is 5.82 Å². The monoisotopic (exact) mass is 253 g/mol. The summed E-state index contributed by atoms with van der Waals surface area (Å²) < 4.78 is 4.70. The molecule has 0 amide bonds. The van der Waals surface area contributed by atoms with Crippen molar-refractivity contribution in [2.45, 2.75) is 13.0 Å². The Labute approximate surface area is 111 Å². The second-order valence-corrected chi connectivity index (χ2v) is 4.41. The summed E-state index contributed by atoms with van der Waals surface area (Å²) in [5.74, 6) is 0.741. The van der Waals surface area contributed by atoms with Crippen molar-refractivity contribution in [1.29, 1.82) is 0 Å². The molecule has 0 saturated carbocycles. The summed E-state index contributed by atoms with van der Waals surface area (Å²) in [5.41, 5.74) is 1.31. The molecule has 4 nitrogen and oxygen atoms in total. The van der Waals surface area contributed by atoms with E-state index in [4.69, 9.17) is 4.52 Å². The van der Waals surface area contributed by atoms with Crippen molar-refractivity contribution in [2.75, 3.05) is 6.54 Å². The summed E-state index contributed by atoms with van der Waals surface area (Å²) >= 11 is 0. The molecule has 19 heavy (non-hydrogen) atoms. The number of hydrogen-bond acceptors (Lipinski definition) is 4. The van der Waals surface area contributed by atoms with Crippen molar-refractivity contribution in [2.24, 2.45) is 0 Å². The fourth-order valence-electron chi connectivity index (χ4n) is 2.17. The zero-order valence-electron chi connectivity index (χ0n) is 10.5. The molecule has 1 aromatic heterocycles. The van der Waals surface area contributed by atoms with E-state index in [1.807, 2.05) is 0 Å². The number of nitrogens with zero attached hydrogens (tertiary/aromatic N) is 2. The minimum Gasteiger partial charge on any atom is -0.343 e. The predicted octanol–water partition coefficient (Wildman–Crippen LogP) is 2.56. The van der Waals surface area contributed by atoms with Crippen molar-refractivity contribution < 1.29 is 4.52 Å². The molecule has 0 aliphatic carbocycles. The quantitative estimate of drug-likeness (QED) is 0.710. The van der Waals surface area contributed by atoms with Gasteiger partial charge in [-0.25, -0.2) is 0 Å². The molecular weight excluding hydrogens is 238 g/mol. The first-order chi connectivity index (χ1) is 9.43. The highest BCUT2D eigenvalue weighted by Crippen LogP contribution is 2.18. The molecule has 0 spiro atoms. The van der Waals surface area contributed by atoms with Crippen LogP contribution in [0.1, 0.15) is 11.4 Å². The summed E-state index contributed by atoms with van der Waals surface area (Å²) in [6.07, 6.45) is 2.14. The van der Waals surface area contributed by atoms with E-state index in [0.29, 0.717) is 0 Å². The van der Waals surface area contributed by atoms with Crippen LogP contribution in [0.3, 0.4) is 0 Å². The van der Waals surface area contributed by atoms with Crippen LogP contribution in [0.15, 0.2) is 53.4 Å². The molecule has 0 aliphatic heterocycles. The molecule has 0 fully saturated rings. The fourth-order valence-corrected chi connectivity index (χ4v) is 2.17. The number of rotatable bonds is 5. The zero-order valence-corrected chi connectivity index (χ0v) is 10.5. The van der Waals surface area contributed by atoms with Gasteiger partial charge >= 0.3 is 0 Å². The predicted molar refractivity (Wildman–Crippen MR) is 73.7 cm³/mol. The first-order valence-corrected chi connectivity index (χ1v) is 6.36. The van der Waals surface area contributed by atoms with E-state index in [0.717, 1.165) is 25.3 Å². The third-order valence-electron chi connectivity index (χ3n) is 3.13. The van der Waals surface area contributed by atoms with Crippen molar-refractivity contribution in [1.82, 2.24) is 15.5 Å². The summed E-state index contributed by atoms with van der Waals surface area (Å²) in [5, 5.41) is 9.78. The number of fused-ring (bicyclic) bond motifs is 1. The van der Waals surface area contributed by atoms with Gasteiger partial charge in [-0.15, -0.1) is 0 Å². The first-order valence-electron chi connectivity index (χ1n) is 6.36. The van der Waals surface area contributed by atoms with Gasteiger partial charge in [-0.2, -0.15) is 4.98 Å². The molecule has 0 radical (unpaired) electrons. The Morgan fingerprint density at radius 2 is 1.95 bits per heavy atom. The molecule has 4 heteroatoms. The van der Waals surface area contributed by atoms with E-state index in [1.54, 1.807) is 0 Å². The Morgan fingerprint density at radius 3 is 2.84 bits per heavy atom. The average molecular weight is 253 g/mol. The van der Waals surface area contributed by atoms with Crippen molar-refractivity contribution in [3.8, 4) is 0 Å². The molecular formula is C15H15N3O. The number of benzene rings is 2. The van der Waals surface area contributed by atoms with Gasteiger partial charge in [0, 0.05) is 19.5 Å². The standard InChI is InChI=1S/C15H15N3O/c1-2-7-14-12(4-1)5-3-6-13(14)10-16-9-8-15-17-11-19-18-15/h1-7,11,16H,8-10H2. The van der Waals surface area contributed by atoms with Crippen molar-refractivity contribution >= 4 is 10.8 Å². The van der Waals surface area contributed by atoms with Crippen LogP contribution in [0.2, 0.25) is 0 Å². The molecule has 3 aromatic rings. The van der Waals surface area contributed by atoms with Gasteiger partial charge in [0.05, 0.1) is 0 Å². The highest BCUT2D eigenvalue weighted by Gasteiger charge is 2.01. The SMILES string of the molecule is c1ccc2c(CNCCc3ncon3)cccc2c1. The van der Waals surface area contributed by atoms with Crippen molar-refractivity contribution in [3.05, 3.63) is 60.2 Å². The minimum absolute atomic E-state index is 0.741. The normalized spacial score (nSPS) is 10.9. The van der Waals surface area contributed by atoms with Crippen LogP contribution in [-0.4, -0.2) is 16.7 Å². The highest BCUT2D eigenvalue weighted by atomic mass is 16.5. The van der Waals surface area contributed by atoms with Gasteiger partial charge in [0.25, 0.3) is 0 Å². The maximum absolute atomic E-state index is 4.70. The molecule has 2 aromatic carbocycles. The fraction of sp³-hybridized carbons (Fsp3) is 0.200. The van der Waals surface area contributed by atoms with E-state index in [2.05, 4.69) is 57.9 Å². The van der Waals surface area contributed by atoms with Crippen LogP contribution < -0.4 is 5.32 Å². The summed E-state index contributed by atoms with van der Waals surface area (Å²) in [4.78, 5) is 3.99. The lowest BCUT2D eigenvalue weighted by atomic mass is 10.0. The number of hydrogen-bond donors (Lipinski definition) is 1. The maximum Gasteiger partial charge on any atom is 0.213 e. The Kier molecular flexibility index (Phi) is 3.51.